The van der Waals surface area contributed by atoms with E-state index in [4.69, 9.17) is 9.05 Å². The highest BCUT2D eigenvalue weighted by Crippen LogP contribution is 2.35. The van der Waals surface area contributed by atoms with Crippen molar-refractivity contribution < 1.29 is 13.9 Å². The van der Waals surface area contributed by atoms with E-state index in [1.807, 2.05) is 18.2 Å². The van der Waals surface area contributed by atoms with Crippen molar-refractivity contribution in [1.82, 2.24) is 0 Å². The molecule has 0 aliphatic heterocycles. The summed E-state index contributed by atoms with van der Waals surface area (Å²) in [5.41, 5.74) is 0. The monoisotopic (exact) mass is 239 g/mol. The molecule has 0 N–H and O–H groups in total. The van der Waals surface area contributed by atoms with Gasteiger partial charge in [0.1, 0.15) is 14.4 Å². The molecule has 1 aromatic carbocycles. The third kappa shape index (κ3) is 3.75. The number of rotatable bonds is 4. The van der Waals surface area contributed by atoms with Gasteiger partial charge in [0.15, 0.2) is 0 Å². The Hall–Kier alpha value is -0.630. The molecule has 0 saturated heterocycles. The minimum Gasteiger partial charge on any atom is -0.776 e. The summed E-state index contributed by atoms with van der Waals surface area (Å²) >= 11 is 0. The fraction of sp³-hybridized carbons (Fsp3) is 0.500. The van der Waals surface area contributed by atoms with Gasteiger partial charge in [-0.2, -0.15) is 0 Å². The van der Waals surface area contributed by atoms with Gasteiger partial charge in [-0.25, -0.2) is 0 Å². The minimum atomic E-state index is -2.03. The zero-order chi connectivity index (χ0) is 11.2. The van der Waals surface area contributed by atoms with E-state index in [1.54, 1.807) is 12.1 Å². The lowest BCUT2D eigenvalue weighted by molar-refractivity contribution is -0.201. The fourth-order valence-corrected chi connectivity index (χ4v) is 2.67. The topological polar surface area (TPSA) is 41.5 Å². The van der Waals surface area contributed by atoms with Crippen LogP contribution in [0.1, 0.15) is 32.1 Å². The van der Waals surface area contributed by atoms with Crippen LogP contribution in [-0.4, -0.2) is 6.10 Å². The van der Waals surface area contributed by atoms with Crippen LogP contribution in [0, 0.1) is 0 Å². The van der Waals surface area contributed by atoms with Crippen molar-refractivity contribution in [3.63, 3.8) is 0 Å². The normalized spacial score (nSPS) is 19.3. The molecule has 2 rings (SSSR count). The number of benzene rings is 1. The molecular formula is C12H16O3P-. The van der Waals surface area contributed by atoms with E-state index in [-0.39, 0.29) is 6.10 Å². The van der Waals surface area contributed by atoms with Gasteiger partial charge in [-0.15, -0.1) is 0 Å². The third-order valence-corrected chi connectivity index (χ3v) is 3.54. The molecule has 0 radical (unpaired) electrons. The lowest BCUT2D eigenvalue weighted by atomic mass is 9.98. The largest absolute Gasteiger partial charge is 0.776 e. The van der Waals surface area contributed by atoms with Crippen LogP contribution < -0.4 is 9.42 Å². The maximum absolute atomic E-state index is 11.6. The van der Waals surface area contributed by atoms with Crippen molar-refractivity contribution in [3.8, 4) is 5.75 Å². The standard InChI is InChI=1S/C12H16O3P/c13-16(14-11-7-3-1-4-8-11)15-12-9-5-2-6-10-12/h1,3-4,7-8,12H,2,5-6,9-10H2/q-1. The maximum atomic E-state index is 11.6. The molecule has 88 valence electrons. The minimum absolute atomic E-state index is 0.112. The van der Waals surface area contributed by atoms with Gasteiger partial charge in [-0.1, -0.05) is 37.5 Å². The van der Waals surface area contributed by atoms with E-state index < -0.39 is 8.60 Å². The Morgan fingerprint density at radius 3 is 2.44 bits per heavy atom. The van der Waals surface area contributed by atoms with E-state index in [0.29, 0.717) is 5.75 Å². The summed E-state index contributed by atoms with van der Waals surface area (Å²) in [7, 11) is -2.03. The van der Waals surface area contributed by atoms with E-state index in [0.717, 1.165) is 12.8 Å². The van der Waals surface area contributed by atoms with Gasteiger partial charge in [0.05, 0.1) is 6.10 Å². The second-order valence-corrected chi connectivity index (χ2v) is 4.83. The van der Waals surface area contributed by atoms with Gasteiger partial charge in [-0.3, -0.25) is 0 Å². The average molecular weight is 239 g/mol. The SMILES string of the molecule is [O-]P(Oc1ccccc1)OC1CCCCC1. The van der Waals surface area contributed by atoms with E-state index >= 15 is 0 Å². The maximum Gasteiger partial charge on any atom is 0.147 e. The second-order valence-electron chi connectivity index (χ2n) is 3.99. The Labute approximate surface area is 97.4 Å². The molecule has 1 fully saturated rings. The van der Waals surface area contributed by atoms with E-state index in [9.17, 15) is 4.89 Å². The summed E-state index contributed by atoms with van der Waals surface area (Å²) < 4.78 is 10.6. The van der Waals surface area contributed by atoms with Crippen LogP contribution in [-0.2, 0) is 4.52 Å². The molecule has 1 aromatic rings. The second kappa shape index (κ2) is 6.19. The third-order valence-electron chi connectivity index (χ3n) is 2.71. The number of hydrogen-bond acceptors (Lipinski definition) is 3. The molecule has 0 amide bonds. The highest BCUT2D eigenvalue weighted by atomic mass is 31.2. The molecule has 1 aliphatic rings. The van der Waals surface area contributed by atoms with Gasteiger partial charge in [-0.05, 0) is 25.0 Å². The molecule has 1 atom stereocenters. The zero-order valence-corrected chi connectivity index (χ0v) is 10.1. The van der Waals surface area contributed by atoms with Crippen molar-refractivity contribution in [2.24, 2.45) is 0 Å². The van der Waals surface area contributed by atoms with Gasteiger partial charge in [0.25, 0.3) is 0 Å². The summed E-state index contributed by atoms with van der Waals surface area (Å²) in [6, 6.07) is 9.13. The Balaban J connectivity index is 1.77. The van der Waals surface area contributed by atoms with Crippen LogP contribution in [0.15, 0.2) is 30.3 Å². The molecule has 1 aliphatic carbocycles. The Bertz CT molecular complexity index is 298. The molecule has 0 bridgehead atoms. The summed E-state index contributed by atoms with van der Waals surface area (Å²) in [6.45, 7) is 0. The van der Waals surface area contributed by atoms with Crippen LogP contribution in [0.25, 0.3) is 0 Å². The first-order chi connectivity index (χ1) is 7.84. The molecule has 0 heterocycles. The summed E-state index contributed by atoms with van der Waals surface area (Å²) in [6.07, 6.45) is 5.70. The Kier molecular flexibility index (Phi) is 4.58. The predicted molar refractivity (Wildman–Crippen MR) is 61.9 cm³/mol. The molecule has 4 heteroatoms. The Morgan fingerprint density at radius 1 is 1.06 bits per heavy atom. The predicted octanol–water partition coefficient (Wildman–Crippen LogP) is 3.00. The van der Waals surface area contributed by atoms with Crippen LogP contribution in [0.3, 0.4) is 0 Å². The van der Waals surface area contributed by atoms with Gasteiger partial charge in [0, 0.05) is 0 Å². The van der Waals surface area contributed by atoms with Crippen LogP contribution >= 0.6 is 8.60 Å². The lowest BCUT2D eigenvalue weighted by Crippen LogP contribution is -2.18. The van der Waals surface area contributed by atoms with Crippen LogP contribution in [0.5, 0.6) is 5.75 Å². The molecule has 0 spiro atoms. The number of hydrogen-bond donors (Lipinski definition) is 0. The van der Waals surface area contributed by atoms with Crippen LogP contribution in [0.2, 0.25) is 0 Å². The molecule has 1 unspecified atom stereocenters. The quantitative estimate of drug-likeness (QED) is 0.758. The summed E-state index contributed by atoms with van der Waals surface area (Å²) in [5.74, 6) is 0.597. The molecule has 1 saturated carbocycles. The highest BCUT2D eigenvalue weighted by Gasteiger charge is 2.15. The zero-order valence-electron chi connectivity index (χ0n) is 9.17. The van der Waals surface area contributed by atoms with Crippen LogP contribution in [0.4, 0.5) is 0 Å². The number of para-hydroxylation sites is 1. The van der Waals surface area contributed by atoms with E-state index in [2.05, 4.69) is 0 Å². The molecule has 0 aromatic heterocycles. The molecule has 3 nitrogen and oxygen atoms in total. The average Bonchev–Trinajstić information content (AvgIpc) is 2.31. The Morgan fingerprint density at radius 2 is 1.75 bits per heavy atom. The molecule has 16 heavy (non-hydrogen) atoms. The summed E-state index contributed by atoms with van der Waals surface area (Å²) in [5, 5.41) is 0. The first kappa shape index (κ1) is 11.8. The van der Waals surface area contributed by atoms with Gasteiger partial charge in [0.2, 0.25) is 0 Å². The van der Waals surface area contributed by atoms with Gasteiger partial charge < -0.3 is 13.9 Å². The van der Waals surface area contributed by atoms with Crippen molar-refractivity contribution in [2.75, 3.05) is 0 Å². The highest BCUT2D eigenvalue weighted by molar-refractivity contribution is 7.39. The molecular weight excluding hydrogens is 223 g/mol. The van der Waals surface area contributed by atoms with Crippen molar-refractivity contribution in [3.05, 3.63) is 30.3 Å². The summed E-state index contributed by atoms with van der Waals surface area (Å²) in [4.78, 5) is 11.6. The van der Waals surface area contributed by atoms with Crippen molar-refractivity contribution in [1.29, 1.82) is 0 Å². The first-order valence-electron chi connectivity index (χ1n) is 5.71. The van der Waals surface area contributed by atoms with Crippen molar-refractivity contribution >= 4 is 8.60 Å². The first-order valence-corrected chi connectivity index (χ1v) is 6.81. The smallest absolute Gasteiger partial charge is 0.147 e. The van der Waals surface area contributed by atoms with Gasteiger partial charge >= 0.3 is 0 Å². The van der Waals surface area contributed by atoms with E-state index in [1.165, 1.54) is 19.3 Å². The van der Waals surface area contributed by atoms with Crippen molar-refractivity contribution in [2.45, 2.75) is 38.2 Å². The lowest BCUT2D eigenvalue weighted by Gasteiger charge is -2.29. The fourth-order valence-electron chi connectivity index (χ4n) is 1.88.